The van der Waals surface area contributed by atoms with Crippen LogP contribution in [0.5, 0.6) is 0 Å². The van der Waals surface area contributed by atoms with Crippen molar-refractivity contribution in [3.05, 3.63) is 305 Å². The highest BCUT2D eigenvalue weighted by atomic mass is 79.9. The van der Waals surface area contributed by atoms with Crippen molar-refractivity contribution in [2.24, 2.45) is 5.92 Å². The number of aliphatic hydroxyl groups excluding tert-OH is 1. The molecule has 6 fully saturated rings. The number of fused-ring (bicyclic) bond motifs is 24. The second-order valence-corrected chi connectivity index (χ2v) is 48.7. The van der Waals surface area contributed by atoms with E-state index >= 15 is 0 Å². The summed E-state index contributed by atoms with van der Waals surface area (Å²) in [5.74, 6) is 1.46. The van der Waals surface area contributed by atoms with E-state index in [4.69, 9.17) is 4.74 Å². The number of ketones is 1. The number of halogens is 12. The zero-order valence-electron chi connectivity index (χ0n) is 74.1. The first-order valence-electron chi connectivity index (χ1n) is 46.2. The molecule has 3 aromatic heterocycles. The van der Waals surface area contributed by atoms with Gasteiger partial charge < -0.3 is 38.5 Å². The van der Waals surface area contributed by atoms with Crippen molar-refractivity contribution >= 4 is 268 Å². The molecule has 11 nitrogen and oxygen atoms in total. The standard InChI is InChI=1S/C19H20Br2N2.C19H18Br2O.C18H18Br2N2O.C18H16Br2N2O.C18H16Br2O.C18H14Br2O/c1-22-8-6-13(7-9-22)12-23-18-10-14(20)2-4-16(18)17-5-3-15(21)11-19(17)23;1-18(22)6-8-19(9-7-18)16-10-12(20)2-4-14(16)15-5-3-13(21)11-17(15)19;19-13-1-3-15-16-4-2-14(20)12-18(16)22(17(15)11-13)6-5-21-7-9-23-10-8-21;19-12-3-5-14-15-6-4-13(20)11-17(15)22(16(14)10-12)9-8-21-7-1-2-18(21)23;2*19-11-1-3-14-15-4-2-12(20)10-17(15)18(16(14)9-11)7-5-13(21)6-8-18/h2-5,10-11,13H,6-9,12H2,1H3;2-5,10-11,22H,6-9H2,1H3;1-4,11-12H,5-10H2;3-6,10-11H,1-2,7-9H2;1-4,9-10,13,21H,5-8H2;1-4,9-10H,5-8H2. The number of aromatic nitrogens is 3. The maximum Gasteiger partial charge on any atom is 0.222 e. The van der Waals surface area contributed by atoms with Gasteiger partial charge in [0.15, 0.2) is 0 Å². The number of piperidine rings is 1. The summed E-state index contributed by atoms with van der Waals surface area (Å²) >= 11 is 43.4. The molecule has 3 saturated heterocycles. The van der Waals surface area contributed by atoms with Gasteiger partial charge in [-0.3, -0.25) is 14.5 Å². The average Bonchev–Trinajstić information content (AvgIpc) is 1.56. The number of carbonyl (C=O) groups is 2. The van der Waals surface area contributed by atoms with E-state index in [0.717, 1.165) is 196 Å². The van der Waals surface area contributed by atoms with Crippen molar-refractivity contribution < 1.29 is 24.5 Å². The van der Waals surface area contributed by atoms with Crippen LogP contribution in [0.4, 0.5) is 0 Å². The Morgan fingerprint density at radius 1 is 0.331 bits per heavy atom. The van der Waals surface area contributed by atoms with Crippen LogP contribution >= 0.6 is 191 Å². The Kier molecular flexibility index (Phi) is 29.6. The molecule has 9 aliphatic rings. The van der Waals surface area contributed by atoms with E-state index in [-0.39, 0.29) is 28.3 Å². The Morgan fingerprint density at radius 2 is 0.624 bits per heavy atom. The number of amides is 1. The summed E-state index contributed by atoms with van der Waals surface area (Å²) in [7, 11) is 2.23. The topological polar surface area (TPSA) is 108 Å². The number of rotatable bonds is 8. The van der Waals surface area contributed by atoms with Crippen molar-refractivity contribution in [3.63, 3.8) is 0 Å². The van der Waals surface area contributed by atoms with Gasteiger partial charge in [-0.05, 0) is 329 Å². The van der Waals surface area contributed by atoms with Gasteiger partial charge in [0, 0.05) is 174 Å². The molecule has 2 N–H and O–H groups in total. The molecule has 6 heterocycles. The zero-order valence-corrected chi connectivity index (χ0v) is 93.1. The van der Waals surface area contributed by atoms with Crippen LogP contribution in [0.3, 0.4) is 0 Å². The first-order valence-corrected chi connectivity index (χ1v) is 55.7. The van der Waals surface area contributed by atoms with Gasteiger partial charge in [0.2, 0.25) is 5.91 Å². The minimum absolute atomic E-state index is 0.0200. The lowest BCUT2D eigenvalue weighted by Crippen LogP contribution is -2.39. The van der Waals surface area contributed by atoms with Crippen molar-refractivity contribution in [2.45, 2.75) is 157 Å². The van der Waals surface area contributed by atoms with Crippen LogP contribution in [0, 0.1) is 5.92 Å². The normalized spacial score (nSPS) is 18.3. The molecule has 3 spiro atoms. The molecule has 3 aliphatic heterocycles. The number of hydrogen-bond acceptors (Lipinski definition) is 7. The Hall–Kier alpha value is -5.26. The van der Waals surface area contributed by atoms with Crippen LogP contribution in [0.15, 0.2) is 272 Å². The van der Waals surface area contributed by atoms with E-state index in [2.05, 4.69) is 440 Å². The summed E-state index contributed by atoms with van der Waals surface area (Å²) < 4.78 is 26.2. The maximum atomic E-state index is 11.9. The Labute approximate surface area is 879 Å². The van der Waals surface area contributed by atoms with Gasteiger partial charge in [-0.15, -0.1) is 0 Å². The quantitative estimate of drug-likeness (QED) is 0.156. The van der Waals surface area contributed by atoms with Gasteiger partial charge in [-0.1, -0.05) is 264 Å². The van der Waals surface area contributed by atoms with Crippen LogP contribution in [-0.2, 0) is 50.2 Å². The van der Waals surface area contributed by atoms with E-state index in [1.807, 2.05) is 11.8 Å². The van der Waals surface area contributed by atoms with Crippen molar-refractivity contribution in [3.8, 4) is 33.4 Å². The van der Waals surface area contributed by atoms with Crippen LogP contribution in [0.2, 0.25) is 0 Å². The van der Waals surface area contributed by atoms with Gasteiger partial charge in [0.25, 0.3) is 0 Å². The molecule has 6 aliphatic carbocycles. The largest absolute Gasteiger partial charge is 0.393 e. The van der Waals surface area contributed by atoms with Crippen molar-refractivity contribution in [1.29, 1.82) is 0 Å². The number of carbonyl (C=O) groups excluding carboxylic acids is 2. The zero-order chi connectivity index (χ0) is 92.5. The van der Waals surface area contributed by atoms with Gasteiger partial charge >= 0.3 is 0 Å². The summed E-state index contributed by atoms with van der Waals surface area (Å²) in [5, 5.41) is 28.2. The molecular weight excluding hydrogens is 2440 g/mol. The molecular formula is C110H102Br12N6O5. The lowest BCUT2D eigenvalue weighted by Gasteiger charge is -2.42. The monoisotopic (exact) mass is 2530 g/mol. The molecule has 12 aromatic carbocycles. The summed E-state index contributed by atoms with van der Waals surface area (Å²) in [4.78, 5) is 30.5. The molecule has 686 valence electrons. The number of likely N-dealkylation sites (tertiary alicyclic amines) is 2. The highest BCUT2D eigenvalue weighted by Crippen LogP contribution is 2.61. The number of ether oxygens (including phenoxy) is 1. The summed E-state index contributed by atoms with van der Waals surface area (Å²) in [6.45, 7) is 13.8. The van der Waals surface area contributed by atoms with Crippen LogP contribution in [-0.4, -0.2) is 128 Å². The van der Waals surface area contributed by atoms with Crippen LogP contribution < -0.4 is 0 Å². The van der Waals surface area contributed by atoms with E-state index in [9.17, 15) is 19.8 Å². The summed E-state index contributed by atoms with van der Waals surface area (Å²) in [5.41, 5.74) is 23.9. The smallest absolute Gasteiger partial charge is 0.222 e. The lowest BCUT2D eigenvalue weighted by molar-refractivity contribution is -0.127. The van der Waals surface area contributed by atoms with Gasteiger partial charge in [-0.25, -0.2) is 0 Å². The van der Waals surface area contributed by atoms with Crippen molar-refractivity contribution in [2.75, 3.05) is 66.1 Å². The first kappa shape index (κ1) is 96.6. The average molecular weight is 2550 g/mol. The van der Waals surface area contributed by atoms with Gasteiger partial charge in [-0.2, -0.15) is 0 Å². The number of hydrogen-bond donors (Lipinski definition) is 2. The minimum atomic E-state index is -0.522. The summed E-state index contributed by atoms with van der Waals surface area (Å²) in [6, 6.07) is 78.9. The number of benzene rings is 12. The van der Waals surface area contributed by atoms with Gasteiger partial charge in [0.05, 0.1) is 58.0 Å². The number of nitrogens with zero attached hydrogens (tertiary/aromatic N) is 6. The van der Waals surface area contributed by atoms with E-state index in [1.165, 1.54) is 158 Å². The third kappa shape index (κ3) is 19.9. The molecule has 3 saturated carbocycles. The fourth-order valence-electron chi connectivity index (χ4n) is 22.7. The fourth-order valence-corrected chi connectivity index (χ4v) is 27.0. The van der Waals surface area contributed by atoms with Crippen molar-refractivity contribution in [1.82, 2.24) is 28.4 Å². The fraction of sp³-hybridized carbons (Fsp3) is 0.327. The Bertz CT molecular complexity index is 6660. The second kappa shape index (κ2) is 40.8. The second-order valence-electron chi connectivity index (χ2n) is 37.7. The first-order chi connectivity index (χ1) is 64.1. The van der Waals surface area contributed by atoms with E-state index in [0.29, 0.717) is 25.0 Å². The third-order valence-corrected chi connectivity index (χ3v) is 35.6. The van der Waals surface area contributed by atoms with E-state index in [1.54, 1.807) is 0 Å². The molecule has 15 aromatic rings. The number of Topliss-reactive ketones (excluding diaryl/α,β-unsaturated/α-hetero) is 1. The van der Waals surface area contributed by atoms with Gasteiger partial charge in [0.1, 0.15) is 5.78 Å². The molecule has 0 bridgehead atoms. The Balaban J connectivity index is 0.000000103. The molecule has 133 heavy (non-hydrogen) atoms. The predicted octanol–water partition coefficient (Wildman–Crippen LogP) is 32.1. The SMILES string of the molecule is Brc1ccc2c3ccc(Br)cc3n(CCN3CCOCC3)c2c1.CC1(O)CCC2(CC1)c1cc(Br)ccc1-c1ccc(Br)cc12.CN1CCC(Cn2c3cc(Br)ccc3c3ccc(Br)cc32)CC1.O=C1CCC2(CC1)c1cc(Br)ccc1-c1ccc(Br)cc12.O=C1CCCN1CCn1c2cc(Br)ccc2c2ccc(Br)cc21.OC1CCC2(CC1)c1cc(Br)ccc1-c1ccc(Br)cc12. The highest BCUT2D eigenvalue weighted by molar-refractivity contribution is 9.12. The highest BCUT2D eigenvalue weighted by Gasteiger charge is 2.50. The molecule has 0 radical (unpaired) electrons. The number of aliphatic hydroxyl groups is 2. The predicted molar refractivity (Wildman–Crippen MR) is 589 cm³/mol. The molecule has 0 unspecified atom stereocenters. The Morgan fingerprint density at radius 3 is 0.947 bits per heavy atom. The van der Waals surface area contributed by atoms with Crippen LogP contribution in [0.25, 0.3) is 98.8 Å². The van der Waals surface area contributed by atoms with E-state index < -0.39 is 5.60 Å². The number of morpholine rings is 1. The minimum Gasteiger partial charge on any atom is -0.393 e. The molecule has 23 heteroatoms. The molecule has 24 rings (SSSR count). The lowest BCUT2D eigenvalue weighted by atomic mass is 9.64. The third-order valence-electron chi connectivity index (χ3n) is 29.7. The molecule has 1 amide bonds. The maximum absolute atomic E-state index is 11.9. The molecule has 0 atom stereocenters. The van der Waals surface area contributed by atoms with Crippen LogP contribution in [0.1, 0.15) is 143 Å². The summed E-state index contributed by atoms with van der Waals surface area (Å²) in [6.07, 6.45) is 14.9.